The third-order valence-corrected chi connectivity index (χ3v) is 5.73. The molecule has 0 aromatic heterocycles. The number of carbonyl (C=O) groups is 1. The standard InChI is InChI=1S/C26H44O/c1-3-5-6-7-8-9-10-11-12-13-14-16-20-24(19-4-2)23-26(27)25-21-17-15-18-22-25/h15,17-18,21-22,24H,3-14,16,19-20,23H2,1-2H3. The molecule has 1 heteroatoms. The molecule has 0 radical (unpaired) electrons. The van der Waals surface area contributed by atoms with Crippen molar-refractivity contribution in [2.24, 2.45) is 5.92 Å². The molecule has 0 heterocycles. The Kier molecular flexibility index (Phi) is 15.1. The van der Waals surface area contributed by atoms with E-state index in [0.717, 1.165) is 12.0 Å². The summed E-state index contributed by atoms with van der Waals surface area (Å²) in [5.74, 6) is 0.902. The van der Waals surface area contributed by atoms with Crippen molar-refractivity contribution in [3.05, 3.63) is 35.9 Å². The van der Waals surface area contributed by atoms with Gasteiger partial charge in [0, 0.05) is 12.0 Å². The number of hydrogen-bond acceptors (Lipinski definition) is 1. The van der Waals surface area contributed by atoms with Crippen LogP contribution < -0.4 is 0 Å². The summed E-state index contributed by atoms with van der Waals surface area (Å²) in [4.78, 5) is 12.4. The molecule has 0 saturated heterocycles. The third kappa shape index (κ3) is 12.8. The molecule has 1 nitrogen and oxygen atoms in total. The highest BCUT2D eigenvalue weighted by molar-refractivity contribution is 5.96. The highest BCUT2D eigenvalue weighted by atomic mass is 16.1. The van der Waals surface area contributed by atoms with Crippen LogP contribution in [-0.4, -0.2) is 5.78 Å². The molecule has 1 rings (SSSR count). The quantitative estimate of drug-likeness (QED) is 0.186. The van der Waals surface area contributed by atoms with E-state index in [1.165, 1.54) is 96.3 Å². The summed E-state index contributed by atoms with van der Waals surface area (Å²) in [5.41, 5.74) is 0.883. The van der Waals surface area contributed by atoms with Gasteiger partial charge in [-0.1, -0.05) is 140 Å². The van der Waals surface area contributed by atoms with Gasteiger partial charge in [-0.25, -0.2) is 0 Å². The second kappa shape index (κ2) is 17.0. The first kappa shape index (κ1) is 23.9. The molecule has 0 N–H and O–H groups in total. The number of hydrogen-bond donors (Lipinski definition) is 0. The zero-order chi connectivity index (χ0) is 19.6. The number of unbranched alkanes of at least 4 members (excludes halogenated alkanes) is 11. The Labute approximate surface area is 169 Å². The van der Waals surface area contributed by atoms with Gasteiger partial charge in [0.05, 0.1) is 0 Å². The van der Waals surface area contributed by atoms with Gasteiger partial charge in [-0.05, 0) is 5.92 Å². The number of Topliss-reactive ketones (excluding diaryl/α,β-unsaturated/α-hetero) is 1. The fourth-order valence-electron chi connectivity index (χ4n) is 4.03. The van der Waals surface area contributed by atoms with Crippen LogP contribution in [0.2, 0.25) is 0 Å². The van der Waals surface area contributed by atoms with Crippen LogP contribution in [-0.2, 0) is 0 Å². The van der Waals surface area contributed by atoms with Crippen LogP contribution in [0.3, 0.4) is 0 Å². The van der Waals surface area contributed by atoms with Crippen LogP contribution in [0, 0.1) is 5.92 Å². The van der Waals surface area contributed by atoms with Crippen LogP contribution in [0.5, 0.6) is 0 Å². The molecule has 1 aromatic rings. The van der Waals surface area contributed by atoms with Gasteiger partial charge in [0.25, 0.3) is 0 Å². The number of benzene rings is 1. The average Bonchev–Trinajstić information content (AvgIpc) is 2.69. The average molecular weight is 373 g/mol. The van der Waals surface area contributed by atoms with E-state index in [0.29, 0.717) is 11.7 Å². The van der Waals surface area contributed by atoms with E-state index in [2.05, 4.69) is 13.8 Å². The molecule has 1 aromatic carbocycles. The van der Waals surface area contributed by atoms with Gasteiger partial charge in [0.15, 0.2) is 5.78 Å². The minimum absolute atomic E-state index is 0.327. The third-order valence-electron chi connectivity index (χ3n) is 5.73. The molecule has 0 fully saturated rings. The molecule has 0 amide bonds. The second-order valence-electron chi connectivity index (χ2n) is 8.33. The van der Waals surface area contributed by atoms with Crippen LogP contribution in [0.1, 0.15) is 127 Å². The van der Waals surface area contributed by atoms with Crippen LogP contribution in [0.15, 0.2) is 30.3 Å². The fourth-order valence-corrected chi connectivity index (χ4v) is 4.03. The maximum atomic E-state index is 12.4. The summed E-state index contributed by atoms with van der Waals surface area (Å²) in [6, 6.07) is 9.82. The van der Waals surface area contributed by atoms with E-state index in [-0.39, 0.29) is 0 Å². The van der Waals surface area contributed by atoms with E-state index < -0.39 is 0 Å². The summed E-state index contributed by atoms with van der Waals surface area (Å²) in [5, 5.41) is 0. The summed E-state index contributed by atoms with van der Waals surface area (Å²) in [7, 11) is 0. The molecule has 0 spiro atoms. The minimum atomic E-state index is 0.327. The zero-order valence-corrected chi connectivity index (χ0v) is 18.2. The largest absolute Gasteiger partial charge is 0.294 e. The van der Waals surface area contributed by atoms with Crippen molar-refractivity contribution in [2.45, 2.75) is 117 Å². The van der Waals surface area contributed by atoms with Gasteiger partial charge in [0.1, 0.15) is 0 Å². The summed E-state index contributed by atoms with van der Waals surface area (Å²) in [6.07, 6.45) is 21.1. The van der Waals surface area contributed by atoms with Crippen molar-refractivity contribution in [3.8, 4) is 0 Å². The maximum absolute atomic E-state index is 12.4. The van der Waals surface area contributed by atoms with Gasteiger partial charge >= 0.3 is 0 Å². The van der Waals surface area contributed by atoms with Gasteiger partial charge in [-0.3, -0.25) is 4.79 Å². The van der Waals surface area contributed by atoms with Gasteiger partial charge < -0.3 is 0 Å². The first-order valence-corrected chi connectivity index (χ1v) is 11.9. The molecular weight excluding hydrogens is 328 g/mol. The Morgan fingerprint density at radius 2 is 1.19 bits per heavy atom. The summed E-state index contributed by atoms with van der Waals surface area (Å²) >= 11 is 0. The Morgan fingerprint density at radius 3 is 1.70 bits per heavy atom. The van der Waals surface area contributed by atoms with Crippen molar-refractivity contribution in [1.29, 1.82) is 0 Å². The van der Waals surface area contributed by atoms with Gasteiger partial charge in [-0.15, -0.1) is 0 Å². The van der Waals surface area contributed by atoms with Crippen molar-refractivity contribution >= 4 is 5.78 Å². The van der Waals surface area contributed by atoms with Crippen LogP contribution in [0.4, 0.5) is 0 Å². The maximum Gasteiger partial charge on any atom is 0.163 e. The van der Waals surface area contributed by atoms with Crippen molar-refractivity contribution in [2.75, 3.05) is 0 Å². The lowest BCUT2D eigenvalue weighted by atomic mass is 9.89. The van der Waals surface area contributed by atoms with Crippen molar-refractivity contribution in [1.82, 2.24) is 0 Å². The Hall–Kier alpha value is -1.11. The molecule has 0 aliphatic heterocycles. The first-order valence-electron chi connectivity index (χ1n) is 11.9. The zero-order valence-electron chi connectivity index (χ0n) is 18.2. The Balaban J connectivity index is 2.04. The first-order chi connectivity index (χ1) is 13.3. The van der Waals surface area contributed by atoms with E-state index in [1.807, 2.05) is 30.3 Å². The summed E-state index contributed by atoms with van der Waals surface area (Å²) in [6.45, 7) is 4.52. The van der Waals surface area contributed by atoms with Gasteiger partial charge in [-0.2, -0.15) is 0 Å². The molecule has 0 bridgehead atoms. The number of carbonyl (C=O) groups excluding carboxylic acids is 1. The lowest BCUT2D eigenvalue weighted by Crippen LogP contribution is -2.09. The van der Waals surface area contributed by atoms with Gasteiger partial charge in [0.2, 0.25) is 0 Å². The predicted octanol–water partition coefficient (Wildman–Crippen LogP) is 8.77. The normalized spacial score (nSPS) is 12.2. The van der Waals surface area contributed by atoms with E-state index in [9.17, 15) is 4.79 Å². The topological polar surface area (TPSA) is 17.1 Å². The molecule has 0 saturated carbocycles. The molecule has 27 heavy (non-hydrogen) atoms. The van der Waals surface area contributed by atoms with E-state index in [1.54, 1.807) is 0 Å². The number of rotatable bonds is 18. The highest BCUT2D eigenvalue weighted by Crippen LogP contribution is 2.22. The van der Waals surface area contributed by atoms with Crippen molar-refractivity contribution < 1.29 is 4.79 Å². The molecule has 0 aliphatic carbocycles. The molecule has 0 aliphatic rings. The lowest BCUT2D eigenvalue weighted by molar-refractivity contribution is 0.0955. The highest BCUT2D eigenvalue weighted by Gasteiger charge is 2.14. The summed E-state index contributed by atoms with van der Waals surface area (Å²) < 4.78 is 0. The monoisotopic (exact) mass is 372 g/mol. The Morgan fingerprint density at radius 1 is 0.667 bits per heavy atom. The van der Waals surface area contributed by atoms with E-state index in [4.69, 9.17) is 0 Å². The molecule has 1 unspecified atom stereocenters. The van der Waals surface area contributed by atoms with Crippen LogP contribution in [0.25, 0.3) is 0 Å². The van der Waals surface area contributed by atoms with E-state index >= 15 is 0 Å². The smallest absolute Gasteiger partial charge is 0.163 e. The van der Waals surface area contributed by atoms with Crippen LogP contribution >= 0.6 is 0 Å². The Bertz CT molecular complexity index is 451. The molecule has 154 valence electrons. The predicted molar refractivity (Wildman–Crippen MR) is 119 cm³/mol. The molecule has 1 atom stereocenters. The fraction of sp³-hybridized carbons (Fsp3) is 0.731. The SMILES string of the molecule is CCCCCCCCCCCCCCC(CCC)CC(=O)c1ccccc1. The molecular formula is C26H44O. The lowest BCUT2D eigenvalue weighted by Gasteiger charge is -2.15. The second-order valence-corrected chi connectivity index (χ2v) is 8.33. The van der Waals surface area contributed by atoms with Crippen molar-refractivity contribution in [3.63, 3.8) is 0 Å². The number of ketones is 1. The minimum Gasteiger partial charge on any atom is -0.294 e.